The summed E-state index contributed by atoms with van der Waals surface area (Å²) in [5, 5.41) is 3.68. The van der Waals surface area contributed by atoms with Gasteiger partial charge in [-0.1, -0.05) is 26.8 Å². The summed E-state index contributed by atoms with van der Waals surface area (Å²) in [5.41, 5.74) is 3.00. The van der Waals surface area contributed by atoms with E-state index in [1.807, 2.05) is 0 Å². The molecule has 0 radical (unpaired) electrons. The quantitative estimate of drug-likeness (QED) is 0.875. The Labute approximate surface area is 118 Å². The minimum atomic E-state index is 0.481. The molecular formula is C17H28N2. The van der Waals surface area contributed by atoms with Gasteiger partial charge in [-0.3, -0.25) is 4.98 Å². The standard InChI is InChI=1S/C17H28N2/c1-5-18-16(15-7-6-13(2)19-12-15)14-8-10-17(3,4)11-9-14/h6-7,12,14,16,18H,5,8-11H2,1-4H3. The number of nitrogens with zero attached hydrogens (tertiary/aromatic N) is 1. The minimum absolute atomic E-state index is 0.481. The first-order valence-corrected chi connectivity index (χ1v) is 7.68. The van der Waals surface area contributed by atoms with Gasteiger partial charge in [0.2, 0.25) is 0 Å². The van der Waals surface area contributed by atoms with E-state index in [-0.39, 0.29) is 0 Å². The molecule has 2 heteroatoms. The molecule has 1 aliphatic carbocycles. The first-order valence-electron chi connectivity index (χ1n) is 7.68. The van der Waals surface area contributed by atoms with Crippen LogP contribution in [0.25, 0.3) is 0 Å². The molecule has 1 fully saturated rings. The maximum Gasteiger partial charge on any atom is 0.0372 e. The highest BCUT2D eigenvalue weighted by molar-refractivity contribution is 5.18. The maximum atomic E-state index is 4.47. The third-order valence-corrected chi connectivity index (χ3v) is 4.57. The van der Waals surface area contributed by atoms with Gasteiger partial charge < -0.3 is 5.32 Å². The molecule has 19 heavy (non-hydrogen) atoms. The summed E-state index contributed by atoms with van der Waals surface area (Å²) in [4.78, 5) is 4.47. The van der Waals surface area contributed by atoms with E-state index < -0.39 is 0 Å². The van der Waals surface area contributed by atoms with Crippen LogP contribution in [0.1, 0.15) is 63.8 Å². The second-order valence-electron chi connectivity index (χ2n) is 6.77. The lowest BCUT2D eigenvalue weighted by molar-refractivity contribution is 0.162. The van der Waals surface area contributed by atoms with Crippen molar-refractivity contribution in [2.75, 3.05) is 6.54 Å². The molecule has 0 saturated heterocycles. The van der Waals surface area contributed by atoms with Crippen LogP contribution in [0.4, 0.5) is 0 Å². The van der Waals surface area contributed by atoms with Gasteiger partial charge in [0.05, 0.1) is 0 Å². The zero-order valence-corrected chi connectivity index (χ0v) is 12.9. The van der Waals surface area contributed by atoms with Crippen molar-refractivity contribution in [1.82, 2.24) is 10.3 Å². The van der Waals surface area contributed by atoms with Crippen molar-refractivity contribution in [2.24, 2.45) is 11.3 Å². The molecule has 2 nitrogen and oxygen atoms in total. The molecule has 1 aliphatic rings. The molecule has 1 atom stereocenters. The lowest BCUT2D eigenvalue weighted by Gasteiger charge is -2.38. The molecule has 106 valence electrons. The second kappa shape index (κ2) is 6.04. The highest BCUT2D eigenvalue weighted by Crippen LogP contribution is 2.42. The van der Waals surface area contributed by atoms with E-state index in [1.54, 1.807) is 0 Å². The van der Waals surface area contributed by atoms with Crippen LogP contribution in [0.3, 0.4) is 0 Å². The van der Waals surface area contributed by atoms with Crippen molar-refractivity contribution in [2.45, 2.75) is 59.4 Å². The fourth-order valence-corrected chi connectivity index (χ4v) is 3.19. The molecule has 1 unspecified atom stereocenters. The molecule has 0 bridgehead atoms. The zero-order valence-electron chi connectivity index (χ0n) is 12.9. The highest BCUT2D eigenvalue weighted by atomic mass is 14.9. The van der Waals surface area contributed by atoms with Crippen molar-refractivity contribution in [3.05, 3.63) is 29.6 Å². The third kappa shape index (κ3) is 3.79. The van der Waals surface area contributed by atoms with Crippen LogP contribution in [-0.4, -0.2) is 11.5 Å². The van der Waals surface area contributed by atoms with Gasteiger partial charge in [0, 0.05) is 17.9 Å². The van der Waals surface area contributed by atoms with Crippen LogP contribution < -0.4 is 5.32 Å². The van der Waals surface area contributed by atoms with Crippen molar-refractivity contribution in [3.8, 4) is 0 Å². The SMILES string of the molecule is CCNC(c1ccc(C)nc1)C1CCC(C)(C)CC1. The number of rotatable bonds is 4. The van der Waals surface area contributed by atoms with E-state index in [9.17, 15) is 0 Å². The molecule has 0 spiro atoms. The van der Waals surface area contributed by atoms with E-state index in [0.29, 0.717) is 11.5 Å². The smallest absolute Gasteiger partial charge is 0.0372 e. The largest absolute Gasteiger partial charge is 0.310 e. The summed E-state index contributed by atoms with van der Waals surface area (Å²) in [6, 6.07) is 4.86. The Morgan fingerprint density at radius 3 is 2.53 bits per heavy atom. The summed E-state index contributed by atoms with van der Waals surface area (Å²) < 4.78 is 0. The second-order valence-corrected chi connectivity index (χ2v) is 6.77. The number of pyridine rings is 1. The highest BCUT2D eigenvalue weighted by Gasteiger charge is 2.31. The minimum Gasteiger partial charge on any atom is -0.310 e. The Kier molecular flexibility index (Phi) is 4.62. The number of hydrogen-bond donors (Lipinski definition) is 1. The van der Waals surface area contributed by atoms with Crippen molar-refractivity contribution < 1.29 is 0 Å². The summed E-state index contributed by atoms with van der Waals surface area (Å²) in [6.07, 6.45) is 7.41. The number of aromatic nitrogens is 1. The van der Waals surface area contributed by atoms with Crippen molar-refractivity contribution in [3.63, 3.8) is 0 Å². The van der Waals surface area contributed by atoms with Crippen LogP contribution in [0.5, 0.6) is 0 Å². The predicted octanol–water partition coefficient (Wildman–Crippen LogP) is 4.26. The predicted molar refractivity (Wildman–Crippen MR) is 81.1 cm³/mol. The first-order chi connectivity index (χ1) is 9.02. The van der Waals surface area contributed by atoms with Crippen LogP contribution >= 0.6 is 0 Å². The van der Waals surface area contributed by atoms with E-state index in [4.69, 9.17) is 0 Å². The fourth-order valence-electron chi connectivity index (χ4n) is 3.19. The van der Waals surface area contributed by atoms with E-state index in [1.165, 1.54) is 31.2 Å². The van der Waals surface area contributed by atoms with Crippen molar-refractivity contribution >= 4 is 0 Å². The van der Waals surface area contributed by atoms with Crippen LogP contribution in [0.15, 0.2) is 18.3 Å². The number of nitrogens with one attached hydrogen (secondary N) is 1. The topological polar surface area (TPSA) is 24.9 Å². The monoisotopic (exact) mass is 260 g/mol. The molecule has 1 aromatic rings. The van der Waals surface area contributed by atoms with Gasteiger partial charge in [-0.15, -0.1) is 0 Å². The molecular weight excluding hydrogens is 232 g/mol. The Bertz CT molecular complexity index is 384. The average molecular weight is 260 g/mol. The van der Waals surface area contributed by atoms with Crippen molar-refractivity contribution in [1.29, 1.82) is 0 Å². The lowest BCUT2D eigenvalue weighted by Crippen LogP contribution is -2.32. The molecule has 1 saturated carbocycles. The van der Waals surface area contributed by atoms with Crippen LogP contribution in [0, 0.1) is 18.3 Å². The zero-order chi connectivity index (χ0) is 13.9. The van der Waals surface area contributed by atoms with Gasteiger partial charge in [-0.05, 0) is 62.1 Å². The Hall–Kier alpha value is -0.890. The average Bonchev–Trinajstić information content (AvgIpc) is 2.38. The molecule has 2 rings (SSSR count). The molecule has 1 N–H and O–H groups in total. The van der Waals surface area contributed by atoms with E-state index in [0.717, 1.165) is 18.2 Å². The van der Waals surface area contributed by atoms with Gasteiger partial charge in [-0.25, -0.2) is 0 Å². The fraction of sp³-hybridized carbons (Fsp3) is 0.706. The molecule has 1 heterocycles. The Balaban J connectivity index is 2.10. The Morgan fingerprint density at radius 1 is 1.32 bits per heavy atom. The molecule has 0 aliphatic heterocycles. The number of hydrogen-bond acceptors (Lipinski definition) is 2. The summed E-state index contributed by atoms with van der Waals surface area (Å²) in [5.74, 6) is 0.762. The van der Waals surface area contributed by atoms with Gasteiger partial charge in [0.15, 0.2) is 0 Å². The van der Waals surface area contributed by atoms with E-state index >= 15 is 0 Å². The maximum absolute atomic E-state index is 4.47. The van der Waals surface area contributed by atoms with Gasteiger partial charge in [0.1, 0.15) is 0 Å². The lowest BCUT2D eigenvalue weighted by atomic mass is 9.70. The van der Waals surface area contributed by atoms with Gasteiger partial charge in [0.25, 0.3) is 0 Å². The molecule has 1 aromatic heterocycles. The van der Waals surface area contributed by atoms with Gasteiger partial charge >= 0.3 is 0 Å². The summed E-state index contributed by atoms with van der Waals surface area (Å²) >= 11 is 0. The van der Waals surface area contributed by atoms with Gasteiger partial charge in [-0.2, -0.15) is 0 Å². The third-order valence-electron chi connectivity index (χ3n) is 4.57. The summed E-state index contributed by atoms with van der Waals surface area (Å²) in [6.45, 7) is 10.1. The summed E-state index contributed by atoms with van der Waals surface area (Å²) in [7, 11) is 0. The number of aryl methyl sites for hydroxylation is 1. The van der Waals surface area contributed by atoms with Crippen LogP contribution in [0.2, 0.25) is 0 Å². The normalized spacial score (nSPS) is 21.3. The molecule has 0 amide bonds. The Morgan fingerprint density at radius 2 is 2.00 bits per heavy atom. The molecule has 0 aromatic carbocycles. The van der Waals surface area contributed by atoms with Crippen LogP contribution in [-0.2, 0) is 0 Å². The van der Waals surface area contributed by atoms with E-state index in [2.05, 4.69) is 56.3 Å². The first kappa shape index (κ1) is 14.5.